The first-order chi connectivity index (χ1) is 12.7. The quantitative estimate of drug-likeness (QED) is 0.856. The minimum Gasteiger partial charge on any atom is -0.339 e. The molecule has 2 atom stereocenters. The van der Waals surface area contributed by atoms with Gasteiger partial charge in [0.05, 0.1) is 12.5 Å². The Morgan fingerprint density at radius 3 is 2.62 bits per heavy atom. The first-order valence-electron chi connectivity index (χ1n) is 9.76. The topological polar surface area (TPSA) is 55.9 Å². The van der Waals surface area contributed by atoms with Gasteiger partial charge in [0.25, 0.3) is 0 Å². The van der Waals surface area contributed by atoms with Crippen LogP contribution in [0.2, 0.25) is 0 Å². The summed E-state index contributed by atoms with van der Waals surface area (Å²) in [5.41, 5.74) is 1.18. The van der Waals surface area contributed by atoms with Crippen LogP contribution in [-0.2, 0) is 16.1 Å². The number of fused-ring (bicyclic) bond motifs is 4. The van der Waals surface area contributed by atoms with Gasteiger partial charge in [-0.3, -0.25) is 14.5 Å². The third-order valence-electron chi connectivity index (χ3n) is 5.89. The van der Waals surface area contributed by atoms with Crippen molar-refractivity contribution in [3.8, 4) is 0 Å². The van der Waals surface area contributed by atoms with Crippen molar-refractivity contribution in [2.75, 3.05) is 45.8 Å². The van der Waals surface area contributed by atoms with E-state index in [2.05, 4.69) is 27.2 Å². The van der Waals surface area contributed by atoms with Gasteiger partial charge in [-0.05, 0) is 18.4 Å². The van der Waals surface area contributed by atoms with Crippen LogP contribution in [0, 0.1) is 5.92 Å². The molecule has 0 aromatic heterocycles. The lowest BCUT2D eigenvalue weighted by molar-refractivity contribution is -0.140. The van der Waals surface area contributed by atoms with Crippen LogP contribution in [0.25, 0.3) is 0 Å². The summed E-state index contributed by atoms with van der Waals surface area (Å²) in [7, 11) is 0. The molecule has 2 bridgehead atoms. The lowest BCUT2D eigenvalue weighted by Crippen LogP contribution is -2.50. The Labute approximate surface area is 155 Å². The van der Waals surface area contributed by atoms with Gasteiger partial charge in [0, 0.05) is 51.9 Å². The summed E-state index contributed by atoms with van der Waals surface area (Å²) in [6, 6.07) is 10.4. The maximum absolute atomic E-state index is 12.9. The number of amides is 2. The predicted octanol–water partition coefficient (Wildman–Crippen LogP) is 0.541. The number of hydrogen-bond acceptors (Lipinski definition) is 4. The summed E-state index contributed by atoms with van der Waals surface area (Å²) >= 11 is 0. The van der Waals surface area contributed by atoms with Crippen LogP contribution in [0.3, 0.4) is 0 Å². The second-order valence-electron chi connectivity index (χ2n) is 7.70. The van der Waals surface area contributed by atoms with Crippen LogP contribution in [-0.4, -0.2) is 78.4 Å². The van der Waals surface area contributed by atoms with E-state index in [0.29, 0.717) is 13.1 Å². The summed E-state index contributed by atoms with van der Waals surface area (Å²) < 4.78 is 0. The van der Waals surface area contributed by atoms with Crippen molar-refractivity contribution in [1.29, 1.82) is 0 Å². The molecule has 2 amide bonds. The molecule has 5 rings (SSSR count). The van der Waals surface area contributed by atoms with E-state index in [4.69, 9.17) is 0 Å². The van der Waals surface area contributed by atoms with Crippen LogP contribution in [0.4, 0.5) is 0 Å². The van der Waals surface area contributed by atoms with Gasteiger partial charge in [0.2, 0.25) is 11.8 Å². The molecule has 6 nitrogen and oxygen atoms in total. The van der Waals surface area contributed by atoms with Gasteiger partial charge >= 0.3 is 0 Å². The van der Waals surface area contributed by atoms with E-state index < -0.39 is 0 Å². The fourth-order valence-electron chi connectivity index (χ4n) is 4.45. The first kappa shape index (κ1) is 17.5. The Balaban J connectivity index is 1.42. The SMILES string of the molecule is O=C(CN1C[C@@H]2CC[C@H](C1)N(Cc1ccccc1)C2=O)N1CCNCC1. The van der Waals surface area contributed by atoms with E-state index >= 15 is 0 Å². The van der Waals surface area contributed by atoms with Crippen molar-refractivity contribution < 1.29 is 9.59 Å². The molecular weight excluding hydrogens is 328 g/mol. The fraction of sp³-hybridized carbons (Fsp3) is 0.600. The summed E-state index contributed by atoms with van der Waals surface area (Å²) in [4.78, 5) is 31.8. The maximum atomic E-state index is 12.9. The number of nitrogens with zero attached hydrogens (tertiary/aromatic N) is 3. The van der Waals surface area contributed by atoms with Crippen molar-refractivity contribution in [3.05, 3.63) is 35.9 Å². The second kappa shape index (κ2) is 7.76. The summed E-state index contributed by atoms with van der Waals surface area (Å²) in [5, 5.41) is 3.28. The molecule has 140 valence electrons. The molecule has 0 radical (unpaired) electrons. The highest BCUT2D eigenvalue weighted by Crippen LogP contribution is 2.30. The van der Waals surface area contributed by atoms with Crippen molar-refractivity contribution >= 4 is 11.8 Å². The van der Waals surface area contributed by atoms with Gasteiger partial charge in [-0.1, -0.05) is 30.3 Å². The van der Waals surface area contributed by atoms with Gasteiger partial charge < -0.3 is 15.1 Å². The van der Waals surface area contributed by atoms with Crippen molar-refractivity contribution in [3.63, 3.8) is 0 Å². The lowest BCUT2D eigenvalue weighted by Gasteiger charge is -2.36. The molecule has 0 unspecified atom stereocenters. The molecule has 6 heteroatoms. The summed E-state index contributed by atoms with van der Waals surface area (Å²) in [6.07, 6.45) is 1.99. The number of nitrogens with one attached hydrogen (secondary N) is 1. The van der Waals surface area contributed by atoms with Crippen molar-refractivity contribution in [2.24, 2.45) is 5.92 Å². The standard InChI is InChI=1S/C20H28N4O2/c25-19(23-10-8-21-9-11-23)15-22-13-17-6-7-18(14-22)24(20(17)26)12-16-4-2-1-3-5-16/h1-5,17-18,21H,6-15H2/t17-,18+/m0/s1. The minimum absolute atomic E-state index is 0.0354. The van der Waals surface area contributed by atoms with Crippen LogP contribution in [0.1, 0.15) is 18.4 Å². The minimum atomic E-state index is 0.0354. The highest BCUT2D eigenvalue weighted by Gasteiger charge is 2.41. The molecule has 4 fully saturated rings. The zero-order chi connectivity index (χ0) is 17.9. The van der Waals surface area contributed by atoms with E-state index in [-0.39, 0.29) is 23.8 Å². The summed E-state index contributed by atoms with van der Waals surface area (Å²) in [6.45, 7) is 5.99. The Morgan fingerprint density at radius 1 is 1.08 bits per heavy atom. The molecule has 26 heavy (non-hydrogen) atoms. The zero-order valence-corrected chi connectivity index (χ0v) is 15.3. The number of carbonyl (C=O) groups excluding carboxylic acids is 2. The number of carbonyl (C=O) groups is 2. The second-order valence-corrected chi connectivity index (χ2v) is 7.70. The van der Waals surface area contributed by atoms with E-state index in [1.165, 1.54) is 5.56 Å². The third-order valence-corrected chi connectivity index (χ3v) is 5.89. The summed E-state index contributed by atoms with van der Waals surface area (Å²) in [5.74, 6) is 0.505. The molecule has 0 saturated carbocycles. The predicted molar refractivity (Wildman–Crippen MR) is 99.4 cm³/mol. The van der Waals surface area contributed by atoms with Gasteiger partial charge in [0.1, 0.15) is 0 Å². The molecular formula is C20H28N4O2. The number of rotatable bonds is 4. The fourth-order valence-corrected chi connectivity index (χ4v) is 4.45. The Morgan fingerprint density at radius 2 is 1.85 bits per heavy atom. The van der Waals surface area contributed by atoms with Crippen LogP contribution < -0.4 is 5.32 Å². The smallest absolute Gasteiger partial charge is 0.236 e. The number of piperazine rings is 1. The van der Waals surface area contributed by atoms with Gasteiger partial charge in [-0.15, -0.1) is 0 Å². The first-order valence-corrected chi connectivity index (χ1v) is 9.76. The highest BCUT2D eigenvalue weighted by atomic mass is 16.2. The molecule has 4 aliphatic heterocycles. The van der Waals surface area contributed by atoms with Crippen LogP contribution in [0.15, 0.2) is 30.3 Å². The Hall–Kier alpha value is -1.92. The number of hydrogen-bond donors (Lipinski definition) is 1. The molecule has 0 spiro atoms. The number of piperidine rings is 1. The Bertz CT molecular complexity index is 644. The maximum Gasteiger partial charge on any atom is 0.236 e. The normalized spacial score (nSPS) is 26.8. The molecule has 1 aromatic carbocycles. The van der Waals surface area contributed by atoms with Crippen molar-refractivity contribution in [2.45, 2.75) is 25.4 Å². The average Bonchev–Trinajstić information content (AvgIpc) is 2.95. The van der Waals surface area contributed by atoms with Gasteiger partial charge in [0.15, 0.2) is 0 Å². The van der Waals surface area contributed by atoms with Crippen LogP contribution >= 0.6 is 0 Å². The zero-order valence-electron chi connectivity index (χ0n) is 15.3. The van der Waals surface area contributed by atoms with E-state index in [1.54, 1.807) is 0 Å². The van der Waals surface area contributed by atoms with Crippen molar-refractivity contribution in [1.82, 2.24) is 20.0 Å². The lowest BCUT2D eigenvalue weighted by atomic mass is 9.93. The monoisotopic (exact) mass is 356 g/mol. The van der Waals surface area contributed by atoms with Gasteiger partial charge in [-0.2, -0.15) is 0 Å². The molecule has 4 heterocycles. The third kappa shape index (κ3) is 3.76. The van der Waals surface area contributed by atoms with Crippen LogP contribution in [0.5, 0.6) is 0 Å². The molecule has 0 aliphatic carbocycles. The Kier molecular flexibility index (Phi) is 5.22. The molecule has 1 aromatic rings. The van der Waals surface area contributed by atoms with E-state index in [0.717, 1.165) is 52.1 Å². The number of benzene rings is 1. The average molecular weight is 356 g/mol. The van der Waals surface area contributed by atoms with E-state index in [9.17, 15) is 9.59 Å². The molecule has 4 aliphatic rings. The molecule has 1 N–H and O–H groups in total. The highest BCUT2D eigenvalue weighted by molar-refractivity contribution is 5.81. The van der Waals surface area contributed by atoms with Gasteiger partial charge in [-0.25, -0.2) is 0 Å². The van der Waals surface area contributed by atoms with E-state index in [1.807, 2.05) is 23.1 Å². The largest absolute Gasteiger partial charge is 0.339 e. The molecule has 4 saturated heterocycles.